The fourth-order valence-corrected chi connectivity index (χ4v) is 4.25. The number of hydrogen-bond acceptors (Lipinski definition) is 4. The Bertz CT molecular complexity index is 1070. The van der Waals surface area contributed by atoms with Crippen LogP contribution in [0, 0.1) is 19.3 Å². The number of amides is 1. The van der Waals surface area contributed by atoms with Crippen LogP contribution in [-0.4, -0.2) is 27.5 Å². The van der Waals surface area contributed by atoms with E-state index in [-0.39, 0.29) is 17.4 Å². The van der Waals surface area contributed by atoms with Crippen LogP contribution in [0.25, 0.3) is 0 Å². The van der Waals surface area contributed by atoms with E-state index < -0.39 is 15.4 Å². The minimum atomic E-state index is -3.75. The van der Waals surface area contributed by atoms with Gasteiger partial charge in [-0.25, -0.2) is 8.42 Å². The molecule has 1 amide bonds. The lowest BCUT2D eigenvalue weighted by Gasteiger charge is -2.27. The van der Waals surface area contributed by atoms with E-state index in [9.17, 15) is 13.2 Å². The zero-order valence-electron chi connectivity index (χ0n) is 17.2. The summed E-state index contributed by atoms with van der Waals surface area (Å²) in [5.74, 6) is 0.380. The number of nitrogens with one attached hydrogen (secondary N) is 1. The molecule has 154 valence electrons. The number of rotatable bonds is 5. The normalized spacial score (nSPS) is 15.9. The second-order valence-electron chi connectivity index (χ2n) is 7.91. The Morgan fingerprint density at radius 1 is 1.17 bits per heavy atom. The summed E-state index contributed by atoms with van der Waals surface area (Å²) in [6, 6.07) is 9.94. The van der Waals surface area contributed by atoms with Gasteiger partial charge in [0.1, 0.15) is 12.4 Å². The maximum atomic E-state index is 12.9. The van der Waals surface area contributed by atoms with Gasteiger partial charge in [-0.2, -0.15) is 0 Å². The summed E-state index contributed by atoms with van der Waals surface area (Å²) in [5, 5.41) is 0. The molecule has 0 atom stereocenters. The molecule has 3 rings (SSSR count). The van der Waals surface area contributed by atoms with E-state index in [1.54, 1.807) is 47.4 Å². The third-order valence-electron chi connectivity index (χ3n) is 5.02. The summed E-state index contributed by atoms with van der Waals surface area (Å²) < 4.78 is 34.1. The van der Waals surface area contributed by atoms with Gasteiger partial charge in [-0.1, -0.05) is 12.1 Å². The van der Waals surface area contributed by atoms with Crippen LogP contribution in [0.3, 0.4) is 0 Å². The van der Waals surface area contributed by atoms with Crippen molar-refractivity contribution in [3.63, 3.8) is 0 Å². The minimum Gasteiger partial charge on any atom is -0.490 e. The zero-order valence-corrected chi connectivity index (χ0v) is 18.0. The van der Waals surface area contributed by atoms with Crippen molar-refractivity contribution < 1.29 is 17.9 Å². The fourth-order valence-electron chi connectivity index (χ4n) is 3.12. The Balaban J connectivity index is 1.96. The fraction of sp³-hybridized carbons (Fsp3) is 0.318. The highest BCUT2D eigenvalue weighted by Gasteiger charge is 2.37. The number of anilines is 2. The quantitative estimate of drug-likeness (QED) is 0.749. The van der Waals surface area contributed by atoms with Gasteiger partial charge >= 0.3 is 0 Å². The highest BCUT2D eigenvalue weighted by Crippen LogP contribution is 2.38. The van der Waals surface area contributed by atoms with Gasteiger partial charge in [0.25, 0.3) is 10.0 Å². The molecule has 1 aliphatic rings. The van der Waals surface area contributed by atoms with Crippen molar-refractivity contribution in [2.75, 3.05) is 22.8 Å². The first-order valence-electron chi connectivity index (χ1n) is 9.35. The number of aryl methyl sites for hydroxylation is 2. The monoisotopic (exact) mass is 414 g/mol. The Labute approximate surface area is 172 Å². The average molecular weight is 415 g/mol. The molecule has 2 aromatic carbocycles. The molecule has 0 fully saturated rings. The molecule has 0 aromatic heterocycles. The topological polar surface area (TPSA) is 75.7 Å². The number of nitrogens with zero attached hydrogens (tertiary/aromatic N) is 1. The number of hydrogen-bond donors (Lipinski definition) is 1. The number of fused-ring (bicyclic) bond motifs is 1. The third-order valence-corrected chi connectivity index (χ3v) is 6.39. The van der Waals surface area contributed by atoms with Gasteiger partial charge in [0, 0.05) is 12.6 Å². The SMILES string of the molecule is C=CCN1C(=O)C(C)(C)COc2cc(NS(=O)(=O)c3ccc(C)c(C)c3)ccc21. The highest BCUT2D eigenvalue weighted by atomic mass is 32.2. The van der Waals surface area contributed by atoms with Crippen LogP contribution in [-0.2, 0) is 14.8 Å². The minimum absolute atomic E-state index is 0.0698. The Hall–Kier alpha value is -2.80. The molecule has 0 bridgehead atoms. The van der Waals surface area contributed by atoms with E-state index in [4.69, 9.17) is 4.74 Å². The van der Waals surface area contributed by atoms with Gasteiger partial charge in [-0.05, 0) is 63.1 Å². The number of carbonyl (C=O) groups is 1. The smallest absolute Gasteiger partial charge is 0.261 e. The molecular formula is C22H26N2O4S. The zero-order chi connectivity index (χ0) is 21.4. The summed E-state index contributed by atoms with van der Waals surface area (Å²) in [6.07, 6.45) is 1.65. The van der Waals surface area contributed by atoms with E-state index in [1.807, 2.05) is 27.7 Å². The van der Waals surface area contributed by atoms with Gasteiger partial charge in [0.2, 0.25) is 5.91 Å². The van der Waals surface area contributed by atoms with Crippen LogP contribution < -0.4 is 14.4 Å². The van der Waals surface area contributed by atoms with E-state index in [0.717, 1.165) is 11.1 Å². The molecule has 6 nitrogen and oxygen atoms in total. The van der Waals surface area contributed by atoms with Gasteiger partial charge in [0.05, 0.1) is 21.7 Å². The van der Waals surface area contributed by atoms with Crippen LogP contribution in [0.5, 0.6) is 5.75 Å². The lowest BCUT2D eigenvalue weighted by Crippen LogP contribution is -2.42. The maximum Gasteiger partial charge on any atom is 0.261 e. The maximum absolute atomic E-state index is 12.9. The Morgan fingerprint density at radius 3 is 2.55 bits per heavy atom. The molecule has 29 heavy (non-hydrogen) atoms. The Kier molecular flexibility index (Phi) is 5.45. The lowest BCUT2D eigenvalue weighted by molar-refractivity contribution is -0.127. The summed E-state index contributed by atoms with van der Waals surface area (Å²) >= 11 is 0. The van der Waals surface area contributed by atoms with Gasteiger partial charge in [0.15, 0.2) is 0 Å². The van der Waals surface area contributed by atoms with Crippen molar-refractivity contribution in [2.45, 2.75) is 32.6 Å². The second kappa shape index (κ2) is 7.55. The van der Waals surface area contributed by atoms with Gasteiger partial charge in [-0.15, -0.1) is 6.58 Å². The van der Waals surface area contributed by atoms with Crippen LogP contribution in [0.1, 0.15) is 25.0 Å². The first-order chi connectivity index (χ1) is 13.5. The predicted octanol–water partition coefficient (Wildman–Crippen LogP) is 4.04. The third kappa shape index (κ3) is 4.15. The Morgan fingerprint density at radius 2 is 1.90 bits per heavy atom. The van der Waals surface area contributed by atoms with Gasteiger partial charge < -0.3 is 9.64 Å². The molecule has 0 spiro atoms. The second-order valence-corrected chi connectivity index (χ2v) is 9.59. The molecule has 0 saturated carbocycles. The molecule has 0 aliphatic carbocycles. The largest absolute Gasteiger partial charge is 0.490 e. The summed E-state index contributed by atoms with van der Waals surface area (Å²) in [6.45, 7) is 11.7. The van der Waals surface area contributed by atoms with Crippen LogP contribution in [0.4, 0.5) is 11.4 Å². The number of benzene rings is 2. The van der Waals surface area contributed by atoms with E-state index >= 15 is 0 Å². The van der Waals surface area contributed by atoms with E-state index in [1.165, 1.54) is 0 Å². The molecular weight excluding hydrogens is 388 g/mol. The number of sulfonamides is 1. The van der Waals surface area contributed by atoms with Crippen molar-refractivity contribution in [3.05, 3.63) is 60.2 Å². The first kappa shape index (κ1) is 20.9. The molecule has 1 N–H and O–H groups in total. The molecule has 0 unspecified atom stereocenters. The average Bonchev–Trinajstić information content (AvgIpc) is 2.74. The van der Waals surface area contributed by atoms with E-state index in [2.05, 4.69) is 11.3 Å². The highest BCUT2D eigenvalue weighted by molar-refractivity contribution is 7.92. The van der Waals surface area contributed by atoms with E-state index in [0.29, 0.717) is 23.7 Å². The van der Waals surface area contributed by atoms with Crippen molar-refractivity contribution in [1.29, 1.82) is 0 Å². The summed E-state index contributed by atoms with van der Waals surface area (Å²) in [5.41, 5.74) is 2.18. The molecule has 0 saturated heterocycles. The van der Waals surface area contributed by atoms with Crippen LogP contribution in [0.15, 0.2) is 53.9 Å². The van der Waals surface area contributed by atoms with Crippen LogP contribution in [0.2, 0.25) is 0 Å². The standard InChI is InChI=1S/C22H26N2O4S/c1-6-11-24-19-10-8-17(13-20(19)28-14-22(4,5)21(24)25)23-29(26,27)18-9-7-15(2)16(3)12-18/h6-10,12-13,23H,1,11,14H2,2-5H3. The number of carbonyl (C=O) groups excluding carboxylic acids is 1. The molecule has 7 heteroatoms. The van der Waals surface area contributed by atoms with Crippen molar-refractivity contribution in [2.24, 2.45) is 5.41 Å². The van der Waals surface area contributed by atoms with Crippen molar-refractivity contribution in [3.8, 4) is 5.75 Å². The molecule has 0 radical (unpaired) electrons. The summed E-state index contributed by atoms with van der Waals surface area (Å²) in [4.78, 5) is 14.7. The lowest BCUT2D eigenvalue weighted by atomic mass is 9.93. The van der Waals surface area contributed by atoms with Crippen molar-refractivity contribution >= 4 is 27.3 Å². The van der Waals surface area contributed by atoms with Crippen LogP contribution >= 0.6 is 0 Å². The summed E-state index contributed by atoms with van der Waals surface area (Å²) in [7, 11) is -3.75. The predicted molar refractivity (Wildman–Crippen MR) is 115 cm³/mol. The van der Waals surface area contributed by atoms with Gasteiger partial charge in [-0.3, -0.25) is 9.52 Å². The van der Waals surface area contributed by atoms with Crippen molar-refractivity contribution in [1.82, 2.24) is 0 Å². The molecule has 1 aliphatic heterocycles. The first-order valence-corrected chi connectivity index (χ1v) is 10.8. The number of ether oxygens (including phenoxy) is 1. The molecule has 1 heterocycles. The molecule has 2 aromatic rings.